The zero-order chi connectivity index (χ0) is 18.6. The molecular weight excluding hydrogens is 338 g/mol. The first-order chi connectivity index (χ1) is 13.3. The number of ether oxygens (including phenoxy) is 1. The number of hydrogen-bond donors (Lipinski definition) is 1. The Morgan fingerprint density at radius 1 is 0.889 bits per heavy atom. The molecule has 1 aliphatic carbocycles. The number of aldehydes is 1. The second-order valence-electron chi connectivity index (χ2n) is 6.54. The summed E-state index contributed by atoms with van der Waals surface area (Å²) in [6.45, 7) is 0.653. The molecular formula is C23H19NO3. The van der Waals surface area contributed by atoms with Gasteiger partial charge in [0.2, 0.25) is 0 Å². The summed E-state index contributed by atoms with van der Waals surface area (Å²) >= 11 is 0. The largest absolute Gasteiger partial charge is 0.449 e. The maximum atomic E-state index is 12.1. The summed E-state index contributed by atoms with van der Waals surface area (Å²) in [5.41, 5.74) is 6.32. The van der Waals surface area contributed by atoms with Crippen molar-refractivity contribution in [2.45, 2.75) is 12.5 Å². The quantitative estimate of drug-likeness (QED) is 0.682. The standard InChI is InChI=1S/C23H19NO3/c25-14-17-11-9-16(10-12-17)13-24-23(26)27-15-22-20-7-3-1-5-18(20)19-6-2-4-8-21(19)22/h1-12,14,22H,13,15H2,(H,24,26). The minimum Gasteiger partial charge on any atom is -0.449 e. The van der Waals surface area contributed by atoms with Crippen molar-refractivity contribution >= 4 is 12.4 Å². The molecule has 4 heteroatoms. The monoisotopic (exact) mass is 357 g/mol. The fourth-order valence-corrected chi connectivity index (χ4v) is 3.54. The van der Waals surface area contributed by atoms with E-state index in [1.165, 1.54) is 22.3 Å². The van der Waals surface area contributed by atoms with Crippen LogP contribution in [0.4, 0.5) is 4.79 Å². The predicted molar refractivity (Wildman–Crippen MR) is 104 cm³/mol. The number of alkyl carbamates (subject to hydrolysis) is 1. The highest BCUT2D eigenvalue weighted by Crippen LogP contribution is 2.44. The van der Waals surface area contributed by atoms with Gasteiger partial charge in [0.25, 0.3) is 0 Å². The van der Waals surface area contributed by atoms with Gasteiger partial charge >= 0.3 is 6.09 Å². The Bertz CT molecular complexity index is 933. The van der Waals surface area contributed by atoms with Crippen LogP contribution in [0.25, 0.3) is 11.1 Å². The lowest BCUT2D eigenvalue weighted by atomic mass is 9.98. The molecule has 0 aliphatic heterocycles. The van der Waals surface area contributed by atoms with Gasteiger partial charge in [0.1, 0.15) is 12.9 Å². The van der Waals surface area contributed by atoms with Crippen LogP contribution in [0.2, 0.25) is 0 Å². The molecule has 3 aromatic rings. The molecule has 0 unspecified atom stereocenters. The number of nitrogens with one attached hydrogen (secondary N) is 1. The van der Waals surface area contributed by atoms with Crippen LogP contribution < -0.4 is 5.32 Å². The van der Waals surface area contributed by atoms with Gasteiger partial charge in [0, 0.05) is 18.0 Å². The van der Waals surface area contributed by atoms with Crippen LogP contribution >= 0.6 is 0 Å². The first-order valence-electron chi connectivity index (χ1n) is 8.89. The van der Waals surface area contributed by atoms with Gasteiger partial charge in [-0.1, -0.05) is 72.8 Å². The van der Waals surface area contributed by atoms with Crippen molar-refractivity contribution < 1.29 is 14.3 Å². The summed E-state index contributed by atoms with van der Waals surface area (Å²) in [5.74, 6) is 0.0509. The second kappa shape index (κ2) is 7.46. The van der Waals surface area contributed by atoms with Gasteiger partial charge in [-0.3, -0.25) is 4.79 Å². The van der Waals surface area contributed by atoms with Crippen molar-refractivity contribution in [1.29, 1.82) is 0 Å². The zero-order valence-electron chi connectivity index (χ0n) is 14.7. The van der Waals surface area contributed by atoms with Crippen molar-refractivity contribution in [2.24, 2.45) is 0 Å². The molecule has 0 atom stereocenters. The van der Waals surface area contributed by atoms with Crippen molar-refractivity contribution in [3.05, 3.63) is 95.1 Å². The topological polar surface area (TPSA) is 55.4 Å². The Morgan fingerprint density at radius 3 is 2.07 bits per heavy atom. The Labute approximate surface area is 157 Å². The van der Waals surface area contributed by atoms with Crippen LogP contribution in [-0.4, -0.2) is 19.0 Å². The zero-order valence-corrected chi connectivity index (χ0v) is 14.7. The molecule has 0 saturated heterocycles. The summed E-state index contributed by atoms with van der Waals surface area (Å²) in [4.78, 5) is 22.8. The molecule has 0 heterocycles. The third-order valence-electron chi connectivity index (χ3n) is 4.90. The Balaban J connectivity index is 1.39. The molecule has 1 N–H and O–H groups in total. The average molecular weight is 357 g/mol. The summed E-state index contributed by atoms with van der Waals surface area (Å²) in [5, 5.41) is 2.76. The smallest absolute Gasteiger partial charge is 0.407 e. The number of rotatable bonds is 5. The third kappa shape index (κ3) is 3.47. The minimum atomic E-state index is -0.448. The summed E-state index contributed by atoms with van der Waals surface area (Å²) < 4.78 is 5.50. The number of benzene rings is 3. The van der Waals surface area contributed by atoms with E-state index in [2.05, 4.69) is 29.6 Å². The van der Waals surface area contributed by atoms with Gasteiger partial charge in [-0.2, -0.15) is 0 Å². The van der Waals surface area contributed by atoms with Gasteiger partial charge in [-0.05, 0) is 27.8 Å². The van der Waals surface area contributed by atoms with E-state index < -0.39 is 6.09 Å². The highest BCUT2D eigenvalue weighted by Gasteiger charge is 2.28. The Hall–Kier alpha value is -3.40. The van der Waals surface area contributed by atoms with E-state index in [4.69, 9.17) is 4.74 Å². The van der Waals surface area contributed by atoms with Crippen LogP contribution in [0.1, 0.15) is 33.0 Å². The van der Waals surface area contributed by atoms with Crippen LogP contribution in [0.5, 0.6) is 0 Å². The molecule has 0 fully saturated rings. The lowest BCUT2D eigenvalue weighted by Gasteiger charge is -2.14. The van der Waals surface area contributed by atoms with E-state index in [0.717, 1.165) is 11.8 Å². The number of carbonyl (C=O) groups is 2. The molecule has 4 nitrogen and oxygen atoms in total. The van der Waals surface area contributed by atoms with E-state index in [-0.39, 0.29) is 5.92 Å². The SMILES string of the molecule is O=Cc1ccc(CNC(=O)OCC2c3ccccc3-c3ccccc32)cc1. The summed E-state index contributed by atoms with van der Waals surface area (Å²) in [6, 6.07) is 23.6. The van der Waals surface area contributed by atoms with Gasteiger partial charge in [0.05, 0.1) is 0 Å². The van der Waals surface area contributed by atoms with E-state index in [1.54, 1.807) is 12.1 Å². The highest BCUT2D eigenvalue weighted by molar-refractivity contribution is 5.79. The van der Waals surface area contributed by atoms with Crippen LogP contribution in [-0.2, 0) is 11.3 Å². The van der Waals surface area contributed by atoms with E-state index in [9.17, 15) is 9.59 Å². The van der Waals surface area contributed by atoms with Gasteiger partial charge in [0.15, 0.2) is 0 Å². The molecule has 0 bridgehead atoms. The highest BCUT2D eigenvalue weighted by atomic mass is 16.5. The first-order valence-corrected chi connectivity index (χ1v) is 8.89. The molecule has 0 saturated carbocycles. The molecule has 3 aromatic carbocycles. The molecule has 134 valence electrons. The van der Waals surface area contributed by atoms with Crippen LogP contribution in [0.3, 0.4) is 0 Å². The molecule has 4 rings (SSSR count). The van der Waals surface area contributed by atoms with Gasteiger partial charge in [-0.25, -0.2) is 4.79 Å². The number of carbonyl (C=O) groups excluding carboxylic acids is 2. The molecule has 27 heavy (non-hydrogen) atoms. The minimum absolute atomic E-state index is 0.0509. The van der Waals surface area contributed by atoms with Crippen molar-refractivity contribution in [3.8, 4) is 11.1 Å². The van der Waals surface area contributed by atoms with Crippen LogP contribution in [0, 0.1) is 0 Å². The van der Waals surface area contributed by atoms with E-state index in [0.29, 0.717) is 18.7 Å². The Morgan fingerprint density at radius 2 is 1.48 bits per heavy atom. The number of fused-ring (bicyclic) bond motifs is 3. The third-order valence-corrected chi connectivity index (χ3v) is 4.90. The lowest BCUT2D eigenvalue weighted by Crippen LogP contribution is -2.25. The fourth-order valence-electron chi connectivity index (χ4n) is 3.54. The van der Waals surface area contributed by atoms with Gasteiger partial charge in [-0.15, -0.1) is 0 Å². The van der Waals surface area contributed by atoms with Crippen LogP contribution in [0.15, 0.2) is 72.8 Å². The molecule has 0 aromatic heterocycles. The van der Waals surface area contributed by atoms with Gasteiger partial charge < -0.3 is 10.1 Å². The number of hydrogen-bond acceptors (Lipinski definition) is 3. The van der Waals surface area contributed by atoms with Crippen molar-refractivity contribution in [2.75, 3.05) is 6.61 Å². The van der Waals surface area contributed by atoms with Crippen molar-refractivity contribution in [3.63, 3.8) is 0 Å². The fraction of sp³-hybridized carbons (Fsp3) is 0.130. The maximum absolute atomic E-state index is 12.1. The second-order valence-corrected chi connectivity index (χ2v) is 6.54. The molecule has 1 amide bonds. The molecule has 1 aliphatic rings. The number of amides is 1. The maximum Gasteiger partial charge on any atom is 0.407 e. The van der Waals surface area contributed by atoms with E-state index >= 15 is 0 Å². The normalized spacial score (nSPS) is 12.1. The lowest BCUT2D eigenvalue weighted by molar-refractivity contribution is 0.112. The molecule has 0 radical (unpaired) electrons. The average Bonchev–Trinajstić information content (AvgIpc) is 3.05. The molecule has 0 spiro atoms. The summed E-state index contributed by atoms with van der Waals surface area (Å²) in [6.07, 6.45) is 0.347. The predicted octanol–water partition coefficient (Wildman–Crippen LogP) is 4.54. The summed E-state index contributed by atoms with van der Waals surface area (Å²) in [7, 11) is 0. The van der Waals surface area contributed by atoms with Crippen molar-refractivity contribution in [1.82, 2.24) is 5.32 Å². The first kappa shape index (κ1) is 17.0. The van der Waals surface area contributed by atoms with E-state index in [1.807, 2.05) is 36.4 Å². The Kier molecular flexibility index (Phi) is 4.71.